The highest BCUT2D eigenvalue weighted by molar-refractivity contribution is 6.31. The lowest BCUT2D eigenvalue weighted by Crippen LogP contribution is -2.54. The van der Waals surface area contributed by atoms with Crippen LogP contribution in [0.1, 0.15) is 70.9 Å². The summed E-state index contributed by atoms with van der Waals surface area (Å²) in [6, 6.07) is 5.97. The molecule has 0 spiro atoms. The maximum absolute atomic E-state index is 12.8. The van der Waals surface area contributed by atoms with Crippen molar-refractivity contribution in [3.8, 4) is 0 Å². The highest BCUT2D eigenvalue weighted by Gasteiger charge is 2.44. The van der Waals surface area contributed by atoms with E-state index in [0.717, 1.165) is 41.8 Å². The highest BCUT2D eigenvalue weighted by Crippen LogP contribution is 2.47. The number of nitrogens with zero attached hydrogens (tertiary/aromatic N) is 1. The molecule has 1 aliphatic heterocycles. The summed E-state index contributed by atoms with van der Waals surface area (Å²) in [5, 5.41) is 12.8. The van der Waals surface area contributed by atoms with Gasteiger partial charge in [0, 0.05) is 24.2 Å². The first-order valence-corrected chi connectivity index (χ1v) is 11.2. The van der Waals surface area contributed by atoms with Gasteiger partial charge in [-0.15, -0.1) is 0 Å². The molecule has 1 atom stereocenters. The second kappa shape index (κ2) is 8.62. The molecule has 3 rings (SSSR count). The van der Waals surface area contributed by atoms with Crippen LogP contribution in [0.4, 0.5) is 4.79 Å². The molecule has 1 aliphatic carbocycles. The van der Waals surface area contributed by atoms with Crippen LogP contribution in [0.5, 0.6) is 0 Å². The van der Waals surface area contributed by atoms with Crippen LogP contribution in [-0.4, -0.2) is 28.6 Å². The van der Waals surface area contributed by atoms with Crippen molar-refractivity contribution in [2.45, 2.75) is 71.8 Å². The Bertz CT molecular complexity index is 854. The van der Waals surface area contributed by atoms with Gasteiger partial charge in [0.05, 0.1) is 5.54 Å². The molecular weight excluding hydrogens is 400 g/mol. The topological polar surface area (TPSA) is 69.6 Å². The Hall–Kier alpha value is -2.01. The number of rotatable bonds is 8. The molecule has 0 bridgehead atoms. The Morgan fingerprint density at radius 2 is 2.03 bits per heavy atom. The number of carboxylic acids is 1. The average molecular weight is 433 g/mol. The Balaban J connectivity index is 1.84. The summed E-state index contributed by atoms with van der Waals surface area (Å²) in [6.07, 6.45) is 6.63. The summed E-state index contributed by atoms with van der Waals surface area (Å²) in [5.41, 5.74) is 2.94. The summed E-state index contributed by atoms with van der Waals surface area (Å²) in [6.45, 7) is 9.12. The standard InChI is InChI=1S/C24H33ClN2O3/c1-23(2,3)12-11-17-9-10-18(14-20(17)25)24(4)19(16-7-8-16)15-27(22(30)26-24)13-5-6-21(28)29/h9-10,14-16H,5-8,11-13H2,1-4H3,(H,26,30)(H,28,29)/t24-/m0/s1. The van der Waals surface area contributed by atoms with E-state index >= 15 is 0 Å². The van der Waals surface area contributed by atoms with Crippen LogP contribution in [0.2, 0.25) is 5.02 Å². The van der Waals surface area contributed by atoms with Crippen LogP contribution in [0.3, 0.4) is 0 Å². The number of carbonyl (C=O) groups excluding carboxylic acids is 1. The number of amides is 2. The number of benzene rings is 1. The average Bonchev–Trinajstić information content (AvgIpc) is 3.46. The van der Waals surface area contributed by atoms with Gasteiger partial charge in [-0.25, -0.2) is 4.79 Å². The highest BCUT2D eigenvalue weighted by atomic mass is 35.5. The van der Waals surface area contributed by atoms with Gasteiger partial charge in [-0.05, 0) is 73.1 Å². The zero-order chi connectivity index (χ0) is 22.1. The van der Waals surface area contributed by atoms with Crippen molar-refractivity contribution in [3.63, 3.8) is 0 Å². The molecule has 164 valence electrons. The smallest absolute Gasteiger partial charge is 0.322 e. The zero-order valence-corrected chi connectivity index (χ0v) is 19.2. The monoisotopic (exact) mass is 432 g/mol. The molecule has 0 unspecified atom stereocenters. The molecule has 2 amide bonds. The zero-order valence-electron chi connectivity index (χ0n) is 18.4. The van der Waals surface area contributed by atoms with E-state index in [0.29, 0.717) is 18.9 Å². The number of aliphatic carboxylic acids is 1. The minimum atomic E-state index is -0.843. The number of carbonyl (C=O) groups is 2. The molecule has 6 heteroatoms. The maximum Gasteiger partial charge on any atom is 0.322 e. The van der Waals surface area contributed by atoms with Gasteiger partial charge in [-0.1, -0.05) is 44.5 Å². The lowest BCUT2D eigenvalue weighted by molar-refractivity contribution is -0.137. The van der Waals surface area contributed by atoms with E-state index in [-0.39, 0.29) is 17.9 Å². The molecule has 0 radical (unpaired) electrons. The number of hydrogen-bond donors (Lipinski definition) is 2. The van der Waals surface area contributed by atoms with E-state index < -0.39 is 11.5 Å². The van der Waals surface area contributed by atoms with E-state index in [2.05, 4.69) is 38.2 Å². The van der Waals surface area contributed by atoms with Gasteiger partial charge in [0.15, 0.2) is 0 Å². The first-order chi connectivity index (χ1) is 14.0. The van der Waals surface area contributed by atoms with E-state index in [1.807, 2.05) is 19.2 Å². The van der Waals surface area contributed by atoms with Crippen LogP contribution in [-0.2, 0) is 16.8 Å². The molecule has 0 saturated heterocycles. The third-order valence-corrected chi connectivity index (χ3v) is 6.42. The van der Waals surface area contributed by atoms with Gasteiger partial charge >= 0.3 is 12.0 Å². The molecule has 2 aliphatic rings. The fraction of sp³-hybridized carbons (Fsp3) is 0.583. The minimum absolute atomic E-state index is 0.0548. The molecule has 1 aromatic carbocycles. The molecule has 1 saturated carbocycles. The van der Waals surface area contributed by atoms with Crippen molar-refractivity contribution >= 4 is 23.6 Å². The fourth-order valence-electron chi connectivity index (χ4n) is 4.00. The van der Waals surface area contributed by atoms with Gasteiger partial charge in [-0.2, -0.15) is 0 Å². The Morgan fingerprint density at radius 1 is 1.33 bits per heavy atom. The van der Waals surface area contributed by atoms with E-state index in [1.54, 1.807) is 4.90 Å². The number of halogens is 1. The van der Waals surface area contributed by atoms with Crippen molar-refractivity contribution in [3.05, 3.63) is 46.1 Å². The quantitative estimate of drug-likeness (QED) is 0.552. The molecule has 0 aromatic heterocycles. The Labute approximate surface area is 184 Å². The lowest BCUT2D eigenvalue weighted by Gasteiger charge is -2.41. The van der Waals surface area contributed by atoms with Gasteiger partial charge < -0.3 is 15.3 Å². The van der Waals surface area contributed by atoms with Gasteiger partial charge in [-0.3, -0.25) is 4.79 Å². The second-order valence-electron chi connectivity index (χ2n) is 9.97. The van der Waals surface area contributed by atoms with Crippen molar-refractivity contribution in [2.75, 3.05) is 6.54 Å². The molecule has 1 heterocycles. The van der Waals surface area contributed by atoms with Crippen molar-refractivity contribution in [2.24, 2.45) is 11.3 Å². The number of carboxylic acid groups (broad SMARTS) is 1. The van der Waals surface area contributed by atoms with E-state index in [4.69, 9.17) is 16.7 Å². The van der Waals surface area contributed by atoms with Gasteiger partial charge in [0.1, 0.15) is 0 Å². The summed E-state index contributed by atoms with van der Waals surface area (Å²) in [4.78, 5) is 25.2. The summed E-state index contributed by atoms with van der Waals surface area (Å²) in [5.74, 6) is -0.401. The molecule has 30 heavy (non-hydrogen) atoms. The minimum Gasteiger partial charge on any atom is -0.481 e. The van der Waals surface area contributed by atoms with Crippen LogP contribution >= 0.6 is 11.6 Å². The van der Waals surface area contributed by atoms with Crippen LogP contribution < -0.4 is 5.32 Å². The largest absolute Gasteiger partial charge is 0.481 e. The van der Waals surface area contributed by atoms with Crippen LogP contribution in [0.15, 0.2) is 30.0 Å². The van der Waals surface area contributed by atoms with Gasteiger partial charge in [0.25, 0.3) is 0 Å². The first kappa shape index (κ1) is 22.7. The van der Waals surface area contributed by atoms with Crippen molar-refractivity contribution < 1.29 is 14.7 Å². The van der Waals surface area contributed by atoms with Crippen LogP contribution in [0, 0.1) is 11.3 Å². The maximum atomic E-state index is 12.8. The molecular formula is C24H33ClN2O3. The summed E-state index contributed by atoms with van der Waals surface area (Å²) >= 11 is 6.65. The predicted octanol–water partition coefficient (Wildman–Crippen LogP) is 5.72. The number of nitrogens with one attached hydrogen (secondary N) is 1. The van der Waals surface area contributed by atoms with E-state index in [9.17, 15) is 9.59 Å². The van der Waals surface area contributed by atoms with Crippen LogP contribution in [0.25, 0.3) is 0 Å². The molecule has 1 aromatic rings. The number of aryl methyl sites for hydroxylation is 1. The second-order valence-corrected chi connectivity index (χ2v) is 10.4. The van der Waals surface area contributed by atoms with Crippen molar-refractivity contribution in [1.29, 1.82) is 0 Å². The van der Waals surface area contributed by atoms with Crippen molar-refractivity contribution in [1.82, 2.24) is 10.2 Å². The molecule has 2 N–H and O–H groups in total. The third-order valence-electron chi connectivity index (χ3n) is 6.07. The summed E-state index contributed by atoms with van der Waals surface area (Å²) in [7, 11) is 0. The normalized spacial score (nSPS) is 22.0. The molecule has 1 fully saturated rings. The Kier molecular flexibility index (Phi) is 6.51. The predicted molar refractivity (Wildman–Crippen MR) is 119 cm³/mol. The summed E-state index contributed by atoms with van der Waals surface area (Å²) < 4.78 is 0. The first-order valence-electron chi connectivity index (χ1n) is 10.8. The lowest BCUT2D eigenvalue weighted by atomic mass is 9.80. The Morgan fingerprint density at radius 3 is 2.60 bits per heavy atom. The van der Waals surface area contributed by atoms with Gasteiger partial charge in [0.2, 0.25) is 0 Å². The van der Waals surface area contributed by atoms with E-state index in [1.165, 1.54) is 5.57 Å². The fourth-order valence-corrected chi connectivity index (χ4v) is 4.27. The molecule has 5 nitrogen and oxygen atoms in total. The third kappa shape index (κ3) is 5.37. The number of hydrogen-bond acceptors (Lipinski definition) is 2. The number of urea groups is 1. The SMILES string of the molecule is CC(C)(C)CCc1ccc([C@]2(C)NC(=O)N(CCCC(=O)O)C=C2C2CC2)cc1Cl.